The van der Waals surface area contributed by atoms with Crippen LogP contribution < -0.4 is 0 Å². The van der Waals surface area contributed by atoms with Crippen molar-refractivity contribution in [2.75, 3.05) is 0 Å². The van der Waals surface area contributed by atoms with Crippen molar-refractivity contribution in [3.63, 3.8) is 0 Å². The molecule has 8 aromatic carbocycles. The molecule has 4 aliphatic rings. The van der Waals surface area contributed by atoms with Crippen LogP contribution in [0.5, 0.6) is 0 Å². The van der Waals surface area contributed by atoms with E-state index in [0.717, 1.165) is 190 Å². The van der Waals surface area contributed by atoms with Crippen LogP contribution in [0.15, 0.2) is 206 Å². The van der Waals surface area contributed by atoms with Gasteiger partial charge < -0.3 is 19.9 Å². The van der Waals surface area contributed by atoms with E-state index in [-0.39, 0.29) is 65.0 Å². The van der Waals surface area contributed by atoms with E-state index < -0.39 is 0 Å². The molecular weight excluding hydrogens is 1750 g/mol. The average molecular weight is 1900 g/mol. The molecule has 18 rings (SSSR count). The summed E-state index contributed by atoms with van der Waals surface area (Å²) in [5.41, 5.74) is 45.6. The molecule has 738 valence electrons. The SMILES string of the molecule is CC(C)(C)c1cc(-c2c3nc(c(-c4cc(C(C)(C)C)cc(C(C)(C)C)c4)c4ccc([nH]4)c(-c4ccccc4-c4ccccc4-c4c5nc(c(-c6cc(C(C)(C)C)cc(C(C)(C)C)c6)c6ccc([nH]6)c(-c6cc(C(C)(C)C)cc(C(C)(C)C)c6)c6nc(c(-c7cc(C(C)(C)C)cc(C(C)(C)C)c7)c7ccc4[nH]7)C=C6)C=C5)c4nc(c(-c5cc(C(C)(C)C)cc(C(C)(C)C)c5)c5ccc2[nH]5)C=C4)C=C3)cc(C(C)(C)C)c1. The molecule has 0 amide bonds. The molecule has 14 aromatic rings. The van der Waals surface area contributed by atoms with E-state index in [1.807, 2.05) is 0 Å². The number of hydrogen-bond acceptors (Lipinski definition) is 4. The van der Waals surface area contributed by atoms with Crippen molar-refractivity contribution in [2.45, 2.75) is 314 Å². The number of aromatic nitrogens is 8. The fourth-order valence-electron chi connectivity index (χ4n) is 20.5. The van der Waals surface area contributed by atoms with Gasteiger partial charge >= 0.3 is 0 Å². The summed E-state index contributed by atoms with van der Waals surface area (Å²) in [6.07, 6.45) is 18.2. The van der Waals surface area contributed by atoms with Gasteiger partial charge in [0.05, 0.1) is 45.6 Å². The summed E-state index contributed by atoms with van der Waals surface area (Å²) in [7, 11) is 0. The summed E-state index contributed by atoms with van der Waals surface area (Å²) < 4.78 is 0. The molecule has 0 saturated heterocycles. The van der Waals surface area contributed by atoms with E-state index in [1.54, 1.807) is 0 Å². The van der Waals surface area contributed by atoms with Crippen LogP contribution in [0.3, 0.4) is 0 Å². The summed E-state index contributed by atoms with van der Waals surface area (Å²) in [6, 6.07) is 80.2. The Morgan fingerprint density at radius 2 is 0.257 bits per heavy atom. The lowest BCUT2D eigenvalue weighted by atomic mass is 9.78. The normalized spacial score (nSPS) is 13.7. The molecule has 8 heteroatoms. The largest absolute Gasteiger partial charge is 0.354 e. The van der Waals surface area contributed by atoms with Gasteiger partial charge in [0.2, 0.25) is 0 Å². The predicted molar refractivity (Wildman–Crippen MR) is 625 cm³/mol. The van der Waals surface area contributed by atoms with Crippen molar-refractivity contribution < 1.29 is 0 Å². The van der Waals surface area contributed by atoms with Crippen molar-refractivity contribution in [3.8, 4) is 100 Å². The molecule has 0 spiro atoms. The molecule has 0 saturated carbocycles. The molecule has 0 atom stereocenters. The summed E-state index contributed by atoms with van der Waals surface area (Å²) in [6.45, 7) is 84.0. The fraction of sp³-hybridized carbons (Fsp3) is 0.353. The highest BCUT2D eigenvalue weighted by atomic mass is 14.8. The smallest absolute Gasteiger partial charge is 0.0737 e. The Morgan fingerprint density at radius 1 is 0.139 bits per heavy atom. The van der Waals surface area contributed by atoms with Gasteiger partial charge in [0, 0.05) is 88.6 Å². The standard InChI is InChI=1S/C136H154N8/c1-125(2,3)85-61-79(62-86(73-85)126(4,5)6)117-101-45-49-105(137-101)119(81-65-89(129(13,14)15)75-90(66-81)130(16,17)18)109-53-57-113(141-109)123(114-58-54-110(142-114)120(106-50-46-102(117)138-106)82-67-91(131(19,20)21)76-92(68-82)132(22,23)24)99-43-39-37-41-97(99)98-42-38-40-44-100(98)124-115-59-55-111(143-115)121(83-69-93(133(25,26)27)77-94(70-83)134(28,29)30)107-51-47-103(139-107)118(80-63-87(127(7,8)9)74-88(64-80)128(10,11)12)104-48-52-108(140-104)122(112-56-60-116(124)144-112)84-71-95(135(31,32)33)78-96(72-84)136(34,35)36/h37-78,137,139,142,144H,1-36H3. The third-order valence-electron chi connectivity index (χ3n) is 29.9. The Balaban J connectivity index is 0.996. The minimum Gasteiger partial charge on any atom is -0.354 e. The van der Waals surface area contributed by atoms with E-state index >= 15 is 0 Å². The molecule has 0 aliphatic carbocycles. The van der Waals surface area contributed by atoms with Gasteiger partial charge in [-0.1, -0.05) is 407 Å². The van der Waals surface area contributed by atoms with E-state index in [4.69, 9.17) is 19.9 Å². The highest BCUT2D eigenvalue weighted by molar-refractivity contribution is 6.07. The van der Waals surface area contributed by atoms with Gasteiger partial charge in [-0.05, 0) is 285 Å². The van der Waals surface area contributed by atoms with Crippen LogP contribution in [-0.2, 0) is 65.0 Å². The van der Waals surface area contributed by atoms with Crippen molar-refractivity contribution in [3.05, 3.63) is 319 Å². The maximum absolute atomic E-state index is 6.20. The summed E-state index contributed by atoms with van der Waals surface area (Å²) in [4.78, 5) is 41.6. The van der Waals surface area contributed by atoms with Crippen LogP contribution in [0.25, 0.3) is 193 Å². The number of fused-ring (bicyclic) bond motifs is 16. The Hall–Kier alpha value is -13.0. The third-order valence-corrected chi connectivity index (χ3v) is 29.9. The zero-order chi connectivity index (χ0) is 104. The lowest BCUT2D eigenvalue weighted by Gasteiger charge is -2.26. The zero-order valence-electron chi connectivity index (χ0n) is 93.0. The predicted octanol–water partition coefficient (Wildman–Crippen LogP) is 38.2. The summed E-state index contributed by atoms with van der Waals surface area (Å²) in [5.74, 6) is 0. The van der Waals surface area contributed by atoms with Crippen LogP contribution in [0.4, 0.5) is 0 Å². The zero-order valence-corrected chi connectivity index (χ0v) is 93.0. The molecule has 6 aromatic heterocycles. The van der Waals surface area contributed by atoms with E-state index in [0.29, 0.717) is 0 Å². The van der Waals surface area contributed by atoms with Gasteiger partial charge in [-0.3, -0.25) is 0 Å². The third kappa shape index (κ3) is 20.0. The number of nitrogens with one attached hydrogen (secondary N) is 4. The molecule has 4 N–H and O–H groups in total. The molecule has 0 unspecified atom stereocenters. The second-order valence-corrected chi connectivity index (χ2v) is 53.9. The molecule has 0 radical (unpaired) electrons. The van der Waals surface area contributed by atoms with Gasteiger partial charge in [0.25, 0.3) is 0 Å². The van der Waals surface area contributed by atoms with Crippen molar-refractivity contribution in [2.24, 2.45) is 0 Å². The topological polar surface area (TPSA) is 115 Å². The van der Waals surface area contributed by atoms with Crippen molar-refractivity contribution >= 4 is 92.7 Å². The first kappa shape index (κ1) is 101. The quantitative estimate of drug-likeness (QED) is 0.115. The number of hydrogen-bond donors (Lipinski definition) is 4. The number of benzene rings is 8. The Bertz CT molecular complexity index is 7240. The second kappa shape index (κ2) is 35.4. The highest BCUT2D eigenvalue weighted by Crippen LogP contribution is 2.52. The van der Waals surface area contributed by atoms with Crippen LogP contribution in [0.1, 0.15) is 362 Å². The summed E-state index contributed by atoms with van der Waals surface area (Å²) in [5, 5.41) is 0. The molecule has 8 nitrogen and oxygen atoms in total. The second-order valence-electron chi connectivity index (χ2n) is 53.9. The van der Waals surface area contributed by atoms with Gasteiger partial charge in [-0.15, -0.1) is 0 Å². The first-order valence-electron chi connectivity index (χ1n) is 52.4. The molecule has 0 fully saturated rings. The molecule has 10 heterocycles. The number of H-pyrrole nitrogens is 4. The van der Waals surface area contributed by atoms with Gasteiger partial charge in [0.1, 0.15) is 0 Å². The molecular formula is C136H154N8. The lowest BCUT2D eigenvalue weighted by Crippen LogP contribution is -2.16. The lowest BCUT2D eigenvalue weighted by molar-refractivity contribution is 0.568. The van der Waals surface area contributed by atoms with Crippen LogP contribution in [0.2, 0.25) is 0 Å². The Kier molecular flexibility index (Phi) is 24.9. The maximum atomic E-state index is 6.20. The van der Waals surface area contributed by atoms with Gasteiger partial charge in [0.15, 0.2) is 0 Å². The molecule has 144 heavy (non-hydrogen) atoms. The number of aromatic amines is 4. The molecule has 16 bridgehead atoms. The van der Waals surface area contributed by atoms with Crippen molar-refractivity contribution in [1.82, 2.24) is 39.9 Å². The molecule has 4 aliphatic heterocycles. The van der Waals surface area contributed by atoms with Crippen LogP contribution in [-0.4, -0.2) is 39.9 Å². The first-order valence-corrected chi connectivity index (χ1v) is 52.4. The minimum absolute atomic E-state index is 0.167. The number of rotatable bonds is 9. The first-order chi connectivity index (χ1) is 66.9. The Morgan fingerprint density at radius 3 is 0.389 bits per heavy atom. The van der Waals surface area contributed by atoms with Crippen LogP contribution >= 0.6 is 0 Å². The Labute approximate surface area is 859 Å². The summed E-state index contributed by atoms with van der Waals surface area (Å²) >= 11 is 0. The van der Waals surface area contributed by atoms with E-state index in [1.165, 1.54) is 66.8 Å². The maximum Gasteiger partial charge on any atom is 0.0737 e. The van der Waals surface area contributed by atoms with Gasteiger partial charge in [-0.25, -0.2) is 19.9 Å². The van der Waals surface area contributed by atoms with Crippen molar-refractivity contribution in [1.29, 1.82) is 0 Å². The fourth-order valence-corrected chi connectivity index (χ4v) is 20.5. The number of nitrogens with zero attached hydrogens (tertiary/aromatic N) is 4. The monoisotopic (exact) mass is 1900 g/mol. The van der Waals surface area contributed by atoms with Gasteiger partial charge in [-0.2, -0.15) is 0 Å². The minimum atomic E-state index is -0.198. The van der Waals surface area contributed by atoms with E-state index in [9.17, 15) is 0 Å². The van der Waals surface area contributed by atoms with Crippen LogP contribution in [0, 0.1) is 0 Å². The van der Waals surface area contributed by atoms with E-state index in [2.05, 4.69) is 524 Å². The average Bonchev–Trinajstić information content (AvgIpc) is 1.58. The highest BCUT2D eigenvalue weighted by Gasteiger charge is 2.35.